The van der Waals surface area contributed by atoms with Crippen molar-refractivity contribution >= 4 is 11.8 Å². The van der Waals surface area contributed by atoms with Gasteiger partial charge in [-0.05, 0) is 39.3 Å². The van der Waals surface area contributed by atoms with Crippen molar-refractivity contribution in [1.82, 2.24) is 20.0 Å². The third-order valence-corrected chi connectivity index (χ3v) is 5.73. The van der Waals surface area contributed by atoms with Crippen LogP contribution in [-0.4, -0.2) is 92.6 Å². The van der Waals surface area contributed by atoms with E-state index >= 15 is 0 Å². The molecule has 8 nitrogen and oxygen atoms in total. The Bertz CT molecular complexity index is 734. The summed E-state index contributed by atoms with van der Waals surface area (Å²) in [6.07, 6.45) is 2.81. The lowest BCUT2D eigenvalue weighted by Crippen LogP contribution is -2.50. The number of nitrogens with zero attached hydrogens (tertiary/aromatic N) is 3. The minimum absolute atomic E-state index is 0.0474. The number of piperazine rings is 1. The predicted octanol–water partition coefficient (Wildman–Crippen LogP) is 1.34. The maximum Gasteiger partial charge on any atom is 0.236 e. The molecular formula is C23H36N4O4. The van der Waals surface area contributed by atoms with Crippen LogP contribution in [0.25, 0.3) is 0 Å². The van der Waals surface area contributed by atoms with Gasteiger partial charge in [0, 0.05) is 44.8 Å². The molecule has 0 saturated carbocycles. The molecule has 0 spiro atoms. The largest absolute Gasteiger partial charge is 0.490 e. The molecule has 8 heteroatoms. The molecule has 1 fully saturated rings. The van der Waals surface area contributed by atoms with Crippen LogP contribution in [0.15, 0.2) is 18.2 Å². The van der Waals surface area contributed by atoms with Crippen molar-refractivity contribution in [3.63, 3.8) is 0 Å². The summed E-state index contributed by atoms with van der Waals surface area (Å²) in [7, 11) is 2.07. The third-order valence-electron chi connectivity index (χ3n) is 5.73. The van der Waals surface area contributed by atoms with Crippen LogP contribution in [0.5, 0.6) is 11.5 Å². The molecule has 1 saturated heterocycles. The first-order valence-corrected chi connectivity index (χ1v) is 11.4. The Kier molecular flexibility index (Phi) is 8.97. The topological polar surface area (TPSA) is 74.3 Å². The van der Waals surface area contributed by atoms with Gasteiger partial charge in [0.1, 0.15) is 0 Å². The van der Waals surface area contributed by atoms with Gasteiger partial charge in [-0.25, -0.2) is 0 Å². The van der Waals surface area contributed by atoms with Crippen LogP contribution in [0.3, 0.4) is 0 Å². The standard InChI is InChI=1S/C23H36N4O4/c1-3-30-20-9-7-8-19-16-26(18-22(29)27-13-11-25(2)12-14-27)17-21(28)24-10-5-4-6-15-31-23(19)20/h7-9H,3-6,10-18H2,1-2H3,(H,24,28). The van der Waals surface area contributed by atoms with Crippen molar-refractivity contribution in [2.75, 3.05) is 66.1 Å². The summed E-state index contributed by atoms with van der Waals surface area (Å²) in [6.45, 7) is 7.78. The number of ether oxygens (including phenoxy) is 2. The van der Waals surface area contributed by atoms with E-state index in [0.29, 0.717) is 32.1 Å². The van der Waals surface area contributed by atoms with E-state index in [9.17, 15) is 9.59 Å². The minimum atomic E-state index is -0.0474. The number of hydrogen-bond acceptors (Lipinski definition) is 6. The Hall–Kier alpha value is -2.32. The Morgan fingerprint density at radius 1 is 1.13 bits per heavy atom. The average molecular weight is 433 g/mol. The third kappa shape index (κ3) is 7.11. The van der Waals surface area contributed by atoms with Gasteiger partial charge in [0.25, 0.3) is 0 Å². The highest BCUT2D eigenvalue weighted by molar-refractivity contribution is 5.81. The molecule has 3 rings (SSSR count). The second-order valence-corrected chi connectivity index (χ2v) is 8.27. The average Bonchev–Trinajstić information content (AvgIpc) is 2.76. The Morgan fingerprint density at radius 2 is 1.94 bits per heavy atom. The first-order valence-electron chi connectivity index (χ1n) is 11.4. The number of nitrogens with one attached hydrogen (secondary N) is 1. The molecule has 172 valence electrons. The van der Waals surface area contributed by atoms with Crippen LogP contribution in [0, 0.1) is 0 Å². The fraction of sp³-hybridized carbons (Fsp3) is 0.652. The molecule has 2 aliphatic rings. The maximum absolute atomic E-state index is 13.0. The second-order valence-electron chi connectivity index (χ2n) is 8.27. The number of benzene rings is 1. The molecule has 31 heavy (non-hydrogen) atoms. The van der Waals surface area contributed by atoms with E-state index in [0.717, 1.165) is 56.8 Å². The smallest absolute Gasteiger partial charge is 0.236 e. The van der Waals surface area contributed by atoms with Crippen LogP contribution in [0.1, 0.15) is 31.7 Å². The van der Waals surface area contributed by atoms with Gasteiger partial charge in [0.15, 0.2) is 11.5 Å². The second kappa shape index (κ2) is 11.9. The number of fused-ring (bicyclic) bond motifs is 1. The van der Waals surface area contributed by atoms with E-state index in [1.165, 1.54) is 0 Å². The summed E-state index contributed by atoms with van der Waals surface area (Å²) in [5.74, 6) is 1.45. The number of carbonyl (C=O) groups excluding carboxylic acids is 2. The lowest BCUT2D eigenvalue weighted by molar-refractivity contribution is -0.134. The minimum Gasteiger partial charge on any atom is -0.490 e. The molecule has 0 bridgehead atoms. The number of carbonyl (C=O) groups is 2. The lowest BCUT2D eigenvalue weighted by Gasteiger charge is -2.34. The summed E-state index contributed by atoms with van der Waals surface area (Å²) in [4.78, 5) is 31.5. The van der Waals surface area contributed by atoms with Crippen molar-refractivity contribution in [2.45, 2.75) is 32.7 Å². The van der Waals surface area contributed by atoms with Gasteiger partial charge in [-0.1, -0.05) is 12.1 Å². The highest BCUT2D eigenvalue weighted by atomic mass is 16.5. The van der Waals surface area contributed by atoms with Crippen molar-refractivity contribution in [2.24, 2.45) is 0 Å². The number of likely N-dealkylation sites (N-methyl/N-ethyl adjacent to an activating group) is 1. The molecule has 0 aromatic heterocycles. The summed E-state index contributed by atoms with van der Waals surface area (Å²) < 4.78 is 11.9. The van der Waals surface area contributed by atoms with E-state index in [2.05, 4.69) is 17.3 Å². The molecule has 2 amide bonds. The summed E-state index contributed by atoms with van der Waals surface area (Å²) in [5.41, 5.74) is 0.934. The first-order chi connectivity index (χ1) is 15.1. The summed E-state index contributed by atoms with van der Waals surface area (Å²) >= 11 is 0. The fourth-order valence-electron chi connectivity index (χ4n) is 3.94. The quantitative estimate of drug-likeness (QED) is 0.774. The van der Waals surface area contributed by atoms with Gasteiger partial charge in [0.2, 0.25) is 11.8 Å². The SMILES string of the molecule is CCOc1cccc2c1OCCCCCNC(=O)CN(CC(=O)N1CCN(C)CC1)C2. The van der Waals surface area contributed by atoms with E-state index in [1.54, 1.807) is 0 Å². The molecule has 0 radical (unpaired) electrons. The molecule has 1 aromatic carbocycles. The normalized spacial score (nSPS) is 19.8. The van der Waals surface area contributed by atoms with Crippen LogP contribution >= 0.6 is 0 Å². The number of hydrogen-bond donors (Lipinski definition) is 1. The van der Waals surface area contributed by atoms with Crippen molar-refractivity contribution in [3.8, 4) is 11.5 Å². The van der Waals surface area contributed by atoms with Gasteiger partial charge in [-0.2, -0.15) is 0 Å². The molecule has 0 unspecified atom stereocenters. The van der Waals surface area contributed by atoms with E-state index < -0.39 is 0 Å². The van der Waals surface area contributed by atoms with Gasteiger partial charge in [-0.3, -0.25) is 14.5 Å². The molecule has 1 aromatic rings. The number of amides is 2. The Labute approximate surface area is 185 Å². The van der Waals surface area contributed by atoms with E-state index in [-0.39, 0.29) is 24.9 Å². The highest BCUT2D eigenvalue weighted by Crippen LogP contribution is 2.32. The van der Waals surface area contributed by atoms with Crippen molar-refractivity contribution in [1.29, 1.82) is 0 Å². The predicted molar refractivity (Wildman–Crippen MR) is 119 cm³/mol. The number of para-hydroxylation sites is 1. The number of rotatable bonds is 4. The Morgan fingerprint density at radius 3 is 2.71 bits per heavy atom. The molecule has 0 atom stereocenters. The summed E-state index contributed by atoms with van der Waals surface area (Å²) in [5, 5.41) is 2.99. The van der Waals surface area contributed by atoms with Gasteiger partial charge >= 0.3 is 0 Å². The zero-order chi connectivity index (χ0) is 22.1. The first kappa shape index (κ1) is 23.3. The molecule has 0 aliphatic carbocycles. The van der Waals surface area contributed by atoms with Crippen LogP contribution in [0.2, 0.25) is 0 Å². The van der Waals surface area contributed by atoms with Crippen molar-refractivity contribution in [3.05, 3.63) is 23.8 Å². The summed E-state index contributed by atoms with van der Waals surface area (Å²) in [6, 6.07) is 5.83. The van der Waals surface area contributed by atoms with Crippen molar-refractivity contribution < 1.29 is 19.1 Å². The molecule has 2 aliphatic heterocycles. The molecule has 1 N–H and O–H groups in total. The lowest BCUT2D eigenvalue weighted by atomic mass is 10.1. The molecular weight excluding hydrogens is 396 g/mol. The van der Waals surface area contributed by atoms with Gasteiger partial charge in [-0.15, -0.1) is 0 Å². The maximum atomic E-state index is 13.0. The van der Waals surface area contributed by atoms with E-state index in [1.807, 2.05) is 34.9 Å². The van der Waals surface area contributed by atoms with Gasteiger partial charge < -0.3 is 24.6 Å². The van der Waals surface area contributed by atoms with Crippen LogP contribution in [0.4, 0.5) is 0 Å². The van der Waals surface area contributed by atoms with Crippen LogP contribution < -0.4 is 14.8 Å². The molecule has 2 heterocycles. The van der Waals surface area contributed by atoms with Gasteiger partial charge in [0.05, 0.1) is 26.3 Å². The highest BCUT2D eigenvalue weighted by Gasteiger charge is 2.24. The Balaban J connectivity index is 1.79. The fourth-order valence-corrected chi connectivity index (χ4v) is 3.94. The zero-order valence-corrected chi connectivity index (χ0v) is 18.9. The van der Waals surface area contributed by atoms with E-state index in [4.69, 9.17) is 9.47 Å². The monoisotopic (exact) mass is 432 g/mol. The van der Waals surface area contributed by atoms with Crippen LogP contribution in [-0.2, 0) is 16.1 Å². The zero-order valence-electron chi connectivity index (χ0n) is 18.9.